The summed E-state index contributed by atoms with van der Waals surface area (Å²) in [5.41, 5.74) is 5.03. The molecule has 0 bridgehead atoms. The van der Waals surface area contributed by atoms with Gasteiger partial charge in [0.2, 0.25) is 5.76 Å². The van der Waals surface area contributed by atoms with E-state index in [1.165, 1.54) is 22.9 Å². The van der Waals surface area contributed by atoms with Crippen molar-refractivity contribution in [3.63, 3.8) is 0 Å². The van der Waals surface area contributed by atoms with E-state index in [0.717, 1.165) is 33.4 Å². The van der Waals surface area contributed by atoms with Crippen molar-refractivity contribution in [3.8, 4) is 5.75 Å². The van der Waals surface area contributed by atoms with Crippen molar-refractivity contribution in [1.82, 2.24) is 9.55 Å². The zero-order valence-electron chi connectivity index (χ0n) is 20.0. The molecule has 8 heteroatoms. The number of hydrogen-bond acceptors (Lipinski definition) is 5. The second kappa shape index (κ2) is 8.88. The smallest absolute Gasteiger partial charge is 0.371 e. The summed E-state index contributed by atoms with van der Waals surface area (Å²) in [6, 6.07) is 12.9. The van der Waals surface area contributed by atoms with Crippen molar-refractivity contribution in [2.24, 2.45) is 0 Å². The van der Waals surface area contributed by atoms with E-state index >= 15 is 0 Å². The van der Waals surface area contributed by atoms with Crippen LogP contribution in [0.25, 0.3) is 12.2 Å². The molecule has 1 atom stereocenters. The Morgan fingerprint density at radius 3 is 2.47 bits per heavy atom. The van der Waals surface area contributed by atoms with Gasteiger partial charge in [0.15, 0.2) is 0 Å². The number of H-pyrrole nitrogens is 1. The number of methoxy groups -OCH3 is 1. The van der Waals surface area contributed by atoms with Gasteiger partial charge in [0.25, 0.3) is 5.56 Å². The highest BCUT2D eigenvalue weighted by Gasteiger charge is 2.28. The van der Waals surface area contributed by atoms with Crippen LogP contribution in [0.5, 0.6) is 5.75 Å². The summed E-state index contributed by atoms with van der Waals surface area (Å²) in [4.78, 5) is 39.5. The number of furan rings is 1. The van der Waals surface area contributed by atoms with E-state index in [2.05, 4.69) is 11.1 Å². The number of benzene rings is 2. The SMILES string of the molecule is COc1cc2c(cc1C)C=Cc1cc(C)ccc1C2c1cn(Cc2ccc(C(=O)O)o2)c(=O)[nH]c1=O. The second-order valence-corrected chi connectivity index (χ2v) is 8.89. The van der Waals surface area contributed by atoms with Gasteiger partial charge >= 0.3 is 11.7 Å². The molecule has 0 saturated heterocycles. The van der Waals surface area contributed by atoms with Crippen molar-refractivity contribution < 1.29 is 19.1 Å². The Kier molecular flexibility index (Phi) is 5.72. The minimum absolute atomic E-state index is 0.0360. The lowest BCUT2D eigenvalue weighted by Gasteiger charge is -2.22. The highest BCUT2D eigenvalue weighted by atomic mass is 16.5. The summed E-state index contributed by atoms with van der Waals surface area (Å²) in [6.07, 6.45) is 5.59. The van der Waals surface area contributed by atoms with Crippen LogP contribution in [0.15, 0.2) is 62.7 Å². The number of carboxylic acid groups (broad SMARTS) is 1. The summed E-state index contributed by atoms with van der Waals surface area (Å²) in [5, 5.41) is 9.14. The van der Waals surface area contributed by atoms with Crippen LogP contribution in [0.2, 0.25) is 0 Å². The number of aromatic nitrogens is 2. The first-order chi connectivity index (χ1) is 17.2. The highest BCUT2D eigenvalue weighted by Crippen LogP contribution is 2.40. The van der Waals surface area contributed by atoms with Crippen molar-refractivity contribution in [3.05, 3.63) is 120 Å². The number of fused-ring (bicyclic) bond motifs is 2. The average Bonchev–Trinajstić information content (AvgIpc) is 3.25. The first-order valence-corrected chi connectivity index (χ1v) is 11.4. The molecule has 182 valence electrons. The van der Waals surface area contributed by atoms with Crippen LogP contribution in [0.3, 0.4) is 0 Å². The molecule has 0 radical (unpaired) electrons. The fourth-order valence-corrected chi connectivity index (χ4v) is 4.72. The van der Waals surface area contributed by atoms with Crippen LogP contribution >= 0.6 is 0 Å². The van der Waals surface area contributed by atoms with E-state index in [0.29, 0.717) is 11.3 Å². The molecule has 2 heterocycles. The molecule has 0 spiro atoms. The topological polar surface area (TPSA) is 115 Å². The Balaban J connectivity index is 1.72. The summed E-state index contributed by atoms with van der Waals surface area (Å²) < 4.78 is 12.2. The zero-order chi connectivity index (χ0) is 25.6. The number of aryl methyl sites for hydroxylation is 2. The third-order valence-corrected chi connectivity index (χ3v) is 6.46. The second-order valence-electron chi connectivity index (χ2n) is 8.89. The van der Waals surface area contributed by atoms with Gasteiger partial charge < -0.3 is 14.3 Å². The van der Waals surface area contributed by atoms with Crippen LogP contribution in [0.1, 0.15) is 61.2 Å². The van der Waals surface area contributed by atoms with Crippen LogP contribution in [-0.2, 0) is 6.54 Å². The quantitative estimate of drug-likeness (QED) is 0.387. The number of nitrogens with zero attached hydrogens (tertiary/aromatic N) is 1. The molecule has 36 heavy (non-hydrogen) atoms. The third-order valence-electron chi connectivity index (χ3n) is 6.46. The molecular formula is C28H24N2O6. The van der Waals surface area contributed by atoms with Crippen LogP contribution < -0.4 is 16.0 Å². The lowest BCUT2D eigenvalue weighted by atomic mass is 9.82. The number of nitrogens with one attached hydrogen (secondary N) is 1. The number of aromatic carboxylic acids is 1. The summed E-state index contributed by atoms with van der Waals surface area (Å²) >= 11 is 0. The van der Waals surface area contributed by atoms with Gasteiger partial charge in [-0.05, 0) is 65.9 Å². The van der Waals surface area contributed by atoms with Crippen molar-refractivity contribution in [2.75, 3.05) is 7.11 Å². The van der Waals surface area contributed by atoms with E-state index < -0.39 is 23.1 Å². The molecule has 2 aromatic carbocycles. The van der Waals surface area contributed by atoms with E-state index in [1.807, 2.05) is 50.3 Å². The summed E-state index contributed by atoms with van der Waals surface area (Å²) in [5.74, 6) is -0.928. The minimum atomic E-state index is -1.20. The summed E-state index contributed by atoms with van der Waals surface area (Å²) in [7, 11) is 1.61. The Bertz CT molecular complexity index is 1650. The molecule has 0 saturated carbocycles. The van der Waals surface area contributed by atoms with Crippen molar-refractivity contribution in [1.29, 1.82) is 0 Å². The van der Waals surface area contributed by atoms with Gasteiger partial charge in [0, 0.05) is 17.7 Å². The maximum absolute atomic E-state index is 13.2. The number of aromatic amines is 1. The van der Waals surface area contributed by atoms with Gasteiger partial charge in [-0.1, -0.05) is 35.9 Å². The van der Waals surface area contributed by atoms with Gasteiger partial charge in [-0.25, -0.2) is 9.59 Å². The zero-order valence-corrected chi connectivity index (χ0v) is 20.0. The van der Waals surface area contributed by atoms with Crippen LogP contribution in [0.4, 0.5) is 0 Å². The van der Waals surface area contributed by atoms with E-state index in [4.69, 9.17) is 14.3 Å². The highest BCUT2D eigenvalue weighted by molar-refractivity contribution is 5.84. The Morgan fingerprint density at radius 1 is 1.03 bits per heavy atom. The molecule has 1 aliphatic carbocycles. The molecule has 1 unspecified atom stereocenters. The van der Waals surface area contributed by atoms with Gasteiger partial charge in [0.1, 0.15) is 11.5 Å². The molecule has 0 fully saturated rings. The maximum Gasteiger partial charge on any atom is 0.371 e. The lowest BCUT2D eigenvalue weighted by molar-refractivity contribution is 0.0660. The van der Waals surface area contributed by atoms with Crippen molar-refractivity contribution >= 4 is 18.1 Å². The Hall–Kier alpha value is -4.59. The number of ether oxygens (including phenoxy) is 1. The van der Waals surface area contributed by atoms with Gasteiger partial charge in [-0.3, -0.25) is 14.3 Å². The van der Waals surface area contributed by atoms with Gasteiger partial charge in [-0.15, -0.1) is 0 Å². The minimum Gasteiger partial charge on any atom is -0.496 e. The first-order valence-electron chi connectivity index (χ1n) is 11.4. The maximum atomic E-state index is 13.2. The van der Waals surface area contributed by atoms with Gasteiger partial charge in [0.05, 0.1) is 13.7 Å². The molecule has 0 amide bonds. The number of rotatable bonds is 5. The molecule has 0 aliphatic heterocycles. The van der Waals surface area contributed by atoms with E-state index in [9.17, 15) is 14.4 Å². The normalized spacial score (nSPS) is 14.1. The fourth-order valence-electron chi connectivity index (χ4n) is 4.72. The lowest BCUT2D eigenvalue weighted by Crippen LogP contribution is -2.33. The molecule has 8 nitrogen and oxygen atoms in total. The monoisotopic (exact) mass is 484 g/mol. The number of hydrogen-bond donors (Lipinski definition) is 2. The van der Waals surface area contributed by atoms with Crippen LogP contribution in [0, 0.1) is 13.8 Å². The average molecular weight is 485 g/mol. The molecule has 1 aliphatic rings. The first kappa shape index (κ1) is 23.2. The number of carbonyl (C=O) groups is 1. The number of carboxylic acids is 1. The summed E-state index contributed by atoms with van der Waals surface area (Å²) in [6.45, 7) is 3.94. The fraction of sp³-hybridized carbons (Fsp3) is 0.179. The van der Waals surface area contributed by atoms with Crippen LogP contribution in [-0.4, -0.2) is 27.7 Å². The standard InChI is InChI=1S/C28H24N2O6/c1-15-4-8-20-17(10-15)5-6-18-11-16(2)24(35-3)12-21(18)25(20)22-14-30(28(34)29-26(22)31)13-19-7-9-23(36-19)27(32)33/h4-12,14,25H,13H2,1-3H3,(H,32,33)(H,29,31,34). The molecule has 2 aromatic heterocycles. The third kappa shape index (κ3) is 4.07. The predicted molar refractivity (Wildman–Crippen MR) is 135 cm³/mol. The Labute approximate surface area is 206 Å². The molecule has 5 rings (SSSR count). The largest absolute Gasteiger partial charge is 0.496 e. The molecule has 4 aromatic rings. The van der Waals surface area contributed by atoms with Gasteiger partial charge in [-0.2, -0.15) is 0 Å². The van der Waals surface area contributed by atoms with E-state index in [-0.39, 0.29) is 18.1 Å². The van der Waals surface area contributed by atoms with Crippen molar-refractivity contribution in [2.45, 2.75) is 26.3 Å². The molecular weight excluding hydrogens is 460 g/mol. The predicted octanol–water partition coefficient (Wildman–Crippen LogP) is 4.17. The van der Waals surface area contributed by atoms with E-state index in [1.54, 1.807) is 7.11 Å². The Morgan fingerprint density at radius 2 is 1.78 bits per heavy atom. The molecule has 2 N–H and O–H groups in total.